The van der Waals surface area contributed by atoms with Gasteiger partial charge in [-0.05, 0) is 36.8 Å². The fraction of sp³-hybridized carbons (Fsp3) is 0.320. The van der Waals surface area contributed by atoms with Crippen LogP contribution in [0.2, 0.25) is 0 Å². The summed E-state index contributed by atoms with van der Waals surface area (Å²) < 4.78 is 13.9. The van der Waals surface area contributed by atoms with Crippen LogP contribution in [0.4, 0.5) is 5.13 Å². The van der Waals surface area contributed by atoms with Gasteiger partial charge in [0.05, 0.1) is 20.5 Å². The second-order valence-electron chi connectivity index (χ2n) is 7.95. The van der Waals surface area contributed by atoms with Crippen LogP contribution in [0.5, 0.6) is 11.5 Å². The van der Waals surface area contributed by atoms with Gasteiger partial charge in [0.1, 0.15) is 21.7 Å². The molecule has 4 aromatic rings. The number of hydrogen-bond donors (Lipinski definition) is 0. The number of carbonyl (C=O) groups is 1. The maximum Gasteiger partial charge on any atom is 0.260 e. The van der Waals surface area contributed by atoms with E-state index in [-0.39, 0.29) is 5.91 Å². The van der Waals surface area contributed by atoms with E-state index >= 15 is 0 Å². The Kier molecular flexibility index (Phi) is 7.74. The van der Waals surface area contributed by atoms with Crippen LogP contribution >= 0.6 is 23.1 Å². The van der Waals surface area contributed by atoms with Gasteiger partial charge in [-0.3, -0.25) is 9.69 Å². The average molecular weight is 497 g/mol. The first-order chi connectivity index (χ1) is 16.5. The lowest BCUT2D eigenvalue weighted by molar-refractivity contribution is 0.0986. The van der Waals surface area contributed by atoms with Gasteiger partial charge in [-0.15, -0.1) is 11.8 Å². The highest BCUT2D eigenvalue weighted by Crippen LogP contribution is 2.40. The molecule has 0 fully saturated rings. The number of carbonyl (C=O) groups excluding carboxylic acids is 1. The molecule has 1 amide bonds. The third-order valence-corrected chi connectivity index (χ3v) is 7.28. The molecule has 4 rings (SSSR count). The van der Waals surface area contributed by atoms with Crippen LogP contribution < -0.4 is 14.4 Å². The summed E-state index contributed by atoms with van der Waals surface area (Å²) in [4.78, 5) is 25.5. The molecule has 0 saturated heterocycles. The molecule has 2 aromatic heterocycles. The molecule has 0 aliphatic rings. The van der Waals surface area contributed by atoms with Crippen molar-refractivity contribution in [3.63, 3.8) is 0 Å². The Morgan fingerprint density at radius 2 is 1.97 bits per heavy atom. The normalized spacial score (nSPS) is 11.2. The lowest BCUT2D eigenvalue weighted by atomic mass is 10.2. The maximum absolute atomic E-state index is 13.8. The topological polar surface area (TPSA) is 69.5 Å². The van der Waals surface area contributed by atoms with Crippen molar-refractivity contribution in [1.82, 2.24) is 14.5 Å². The molecule has 0 unspecified atom stereocenters. The van der Waals surface area contributed by atoms with Gasteiger partial charge in [-0.25, -0.2) is 9.97 Å². The molecular weight excluding hydrogens is 468 g/mol. The van der Waals surface area contributed by atoms with Crippen LogP contribution in [0, 0.1) is 0 Å². The molecule has 0 radical (unpaired) electrons. The first-order valence-corrected chi connectivity index (χ1v) is 12.8. The smallest absolute Gasteiger partial charge is 0.260 e. The minimum absolute atomic E-state index is 0.0752. The standard InChI is InChI=1S/C25H28N4O3S2/c1-17(2)33-19-8-5-7-18(15-19)24(30)29(13-6-12-28-14-11-26-16-28)25-27-22-20(31-3)9-10-21(32-4)23(22)34-25/h5,7-11,14-17H,6,12-13H2,1-4H3. The van der Waals surface area contributed by atoms with Crippen molar-refractivity contribution >= 4 is 44.4 Å². The van der Waals surface area contributed by atoms with Crippen molar-refractivity contribution in [1.29, 1.82) is 0 Å². The fourth-order valence-corrected chi connectivity index (χ4v) is 5.63. The highest BCUT2D eigenvalue weighted by atomic mass is 32.2. The second-order valence-corrected chi connectivity index (χ2v) is 10.6. The van der Waals surface area contributed by atoms with E-state index in [0.717, 1.165) is 22.6 Å². The van der Waals surface area contributed by atoms with E-state index in [1.165, 1.54) is 11.3 Å². The summed E-state index contributed by atoms with van der Waals surface area (Å²) in [5.41, 5.74) is 1.34. The third kappa shape index (κ3) is 5.37. The third-order valence-electron chi connectivity index (χ3n) is 5.19. The van der Waals surface area contributed by atoms with Gasteiger partial charge in [0.2, 0.25) is 0 Å². The molecule has 0 N–H and O–H groups in total. The van der Waals surface area contributed by atoms with E-state index in [1.807, 2.05) is 47.2 Å². The van der Waals surface area contributed by atoms with E-state index in [4.69, 9.17) is 14.5 Å². The number of rotatable bonds is 10. The number of aromatic nitrogens is 3. The van der Waals surface area contributed by atoms with Crippen molar-refractivity contribution in [2.24, 2.45) is 0 Å². The number of fused-ring (bicyclic) bond motifs is 1. The molecule has 0 spiro atoms. The van der Waals surface area contributed by atoms with Gasteiger partial charge in [0, 0.05) is 41.2 Å². The van der Waals surface area contributed by atoms with E-state index in [1.54, 1.807) is 43.4 Å². The zero-order valence-electron chi connectivity index (χ0n) is 19.7. The van der Waals surface area contributed by atoms with Crippen molar-refractivity contribution in [2.75, 3.05) is 25.7 Å². The van der Waals surface area contributed by atoms with Crippen LogP contribution in [0.25, 0.3) is 10.2 Å². The largest absolute Gasteiger partial charge is 0.495 e. The van der Waals surface area contributed by atoms with Gasteiger partial charge in [-0.2, -0.15) is 0 Å². The van der Waals surface area contributed by atoms with E-state index in [0.29, 0.717) is 39.5 Å². The van der Waals surface area contributed by atoms with Crippen LogP contribution in [0.1, 0.15) is 30.6 Å². The Balaban J connectivity index is 1.70. The lowest BCUT2D eigenvalue weighted by Crippen LogP contribution is -2.32. The van der Waals surface area contributed by atoms with Crippen molar-refractivity contribution in [3.8, 4) is 11.5 Å². The predicted octanol–water partition coefficient (Wildman–Crippen LogP) is 5.75. The number of thioether (sulfide) groups is 1. The molecule has 9 heteroatoms. The zero-order chi connectivity index (χ0) is 24.1. The number of ether oxygens (including phenoxy) is 2. The molecule has 34 heavy (non-hydrogen) atoms. The molecule has 0 atom stereocenters. The zero-order valence-corrected chi connectivity index (χ0v) is 21.4. The number of aryl methyl sites for hydroxylation is 1. The van der Waals surface area contributed by atoms with Crippen LogP contribution in [0.15, 0.2) is 60.0 Å². The van der Waals surface area contributed by atoms with Crippen molar-refractivity contribution in [3.05, 3.63) is 60.7 Å². The highest BCUT2D eigenvalue weighted by molar-refractivity contribution is 7.99. The predicted molar refractivity (Wildman–Crippen MR) is 139 cm³/mol. The molecular formula is C25H28N4O3S2. The van der Waals surface area contributed by atoms with Gasteiger partial charge in [0.15, 0.2) is 5.13 Å². The summed E-state index contributed by atoms with van der Waals surface area (Å²) in [6, 6.07) is 11.5. The maximum atomic E-state index is 13.8. The number of imidazole rings is 1. The quantitative estimate of drug-likeness (QED) is 0.261. The van der Waals surface area contributed by atoms with Crippen LogP contribution in [0.3, 0.4) is 0 Å². The van der Waals surface area contributed by atoms with Crippen molar-refractivity contribution < 1.29 is 14.3 Å². The number of nitrogens with zero attached hydrogens (tertiary/aromatic N) is 4. The van der Waals surface area contributed by atoms with E-state index < -0.39 is 0 Å². The Bertz CT molecular complexity index is 1210. The average Bonchev–Trinajstić information content (AvgIpc) is 3.51. The van der Waals surface area contributed by atoms with Gasteiger partial charge in [0.25, 0.3) is 5.91 Å². The number of benzene rings is 2. The van der Waals surface area contributed by atoms with Gasteiger partial charge < -0.3 is 14.0 Å². The van der Waals surface area contributed by atoms with E-state index in [9.17, 15) is 4.79 Å². The molecule has 0 aliphatic heterocycles. The molecule has 0 aliphatic carbocycles. The minimum atomic E-state index is -0.0752. The fourth-order valence-electron chi connectivity index (χ4n) is 3.63. The molecule has 2 aromatic carbocycles. The molecule has 178 valence electrons. The number of thiazole rings is 1. The molecule has 0 saturated carbocycles. The van der Waals surface area contributed by atoms with Crippen molar-refractivity contribution in [2.45, 2.75) is 37.0 Å². The highest BCUT2D eigenvalue weighted by Gasteiger charge is 2.24. The van der Waals surface area contributed by atoms with E-state index in [2.05, 4.69) is 18.8 Å². The summed E-state index contributed by atoms with van der Waals surface area (Å²) in [6.45, 7) is 5.56. The first-order valence-electron chi connectivity index (χ1n) is 11.1. The summed E-state index contributed by atoms with van der Waals surface area (Å²) in [5, 5.41) is 1.05. The Labute approximate surface area is 207 Å². The first kappa shape index (κ1) is 24.1. The van der Waals surface area contributed by atoms with Crippen LogP contribution in [-0.2, 0) is 6.54 Å². The van der Waals surface area contributed by atoms with Gasteiger partial charge in [-0.1, -0.05) is 31.3 Å². The Morgan fingerprint density at radius 3 is 2.68 bits per heavy atom. The summed E-state index contributed by atoms with van der Waals surface area (Å²) in [7, 11) is 3.25. The lowest BCUT2D eigenvalue weighted by Gasteiger charge is -2.20. The summed E-state index contributed by atoms with van der Waals surface area (Å²) >= 11 is 3.18. The Hall–Kier alpha value is -3.04. The Morgan fingerprint density at radius 1 is 1.18 bits per heavy atom. The minimum Gasteiger partial charge on any atom is -0.495 e. The number of methoxy groups -OCH3 is 2. The number of anilines is 1. The summed E-state index contributed by atoms with van der Waals surface area (Å²) in [6.07, 6.45) is 6.22. The molecule has 0 bridgehead atoms. The second kappa shape index (κ2) is 10.9. The monoisotopic (exact) mass is 496 g/mol. The molecule has 2 heterocycles. The number of hydrogen-bond acceptors (Lipinski definition) is 7. The van der Waals surface area contributed by atoms with Gasteiger partial charge >= 0.3 is 0 Å². The molecule has 7 nitrogen and oxygen atoms in total. The summed E-state index contributed by atoms with van der Waals surface area (Å²) in [5.74, 6) is 1.29. The van der Waals surface area contributed by atoms with Crippen LogP contribution in [-0.4, -0.2) is 46.5 Å². The number of amides is 1. The SMILES string of the molecule is COc1ccc(OC)c2sc(N(CCCn3ccnc3)C(=O)c3cccc(SC(C)C)c3)nc12.